The van der Waals surface area contributed by atoms with Gasteiger partial charge in [0.25, 0.3) is 5.91 Å². The Balaban J connectivity index is 1.64. The second-order valence-corrected chi connectivity index (χ2v) is 12.2. The Morgan fingerprint density at radius 3 is 2.13 bits per heavy atom. The van der Waals surface area contributed by atoms with E-state index in [1.165, 1.54) is 16.7 Å². The van der Waals surface area contributed by atoms with Gasteiger partial charge in [-0.15, -0.1) is 0 Å². The Kier molecular flexibility index (Phi) is 11.9. The van der Waals surface area contributed by atoms with Crippen LogP contribution in [0.25, 0.3) is 5.70 Å². The first kappa shape index (κ1) is 34.9. The number of aliphatic hydroxyl groups excluding tert-OH is 1. The van der Waals surface area contributed by atoms with E-state index in [-0.39, 0.29) is 18.2 Å². The lowest BCUT2D eigenvalue weighted by Crippen LogP contribution is -2.57. The van der Waals surface area contributed by atoms with Crippen molar-refractivity contribution in [2.75, 3.05) is 6.54 Å². The number of carbonyl (C=O) groups excluding carboxylic acids is 4. The van der Waals surface area contributed by atoms with Crippen molar-refractivity contribution in [3.63, 3.8) is 0 Å². The predicted octanol–water partition coefficient (Wildman–Crippen LogP) is 4.32. The Morgan fingerprint density at radius 2 is 1.53 bits per heavy atom. The van der Waals surface area contributed by atoms with Crippen LogP contribution in [0.2, 0.25) is 0 Å². The highest BCUT2D eigenvalue weighted by Crippen LogP contribution is 2.31. The molecule has 1 aliphatic rings. The summed E-state index contributed by atoms with van der Waals surface area (Å²) in [7, 11) is 0. The molecule has 3 atom stereocenters. The molecule has 0 spiro atoms. The van der Waals surface area contributed by atoms with E-state index in [0.717, 1.165) is 11.1 Å². The van der Waals surface area contributed by atoms with Crippen LogP contribution in [0.3, 0.4) is 0 Å². The van der Waals surface area contributed by atoms with E-state index in [1.54, 1.807) is 44.3 Å². The highest BCUT2D eigenvalue weighted by atomic mass is 16.6. The van der Waals surface area contributed by atoms with E-state index in [0.29, 0.717) is 23.6 Å². The van der Waals surface area contributed by atoms with Gasteiger partial charge in [-0.1, -0.05) is 86.6 Å². The van der Waals surface area contributed by atoms with Crippen molar-refractivity contribution in [1.82, 2.24) is 15.1 Å². The van der Waals surface area contributed by atoms with Gasteiger partial charge >= 0.3 is 5.97 Å². The molecule has 4 rings (SSSR count). The van der Waals surface area contributed by atoms with Crippen molar-refractivity contribution in [3.05, 3.63) is 108 Å². The van der Waals surface area contributed by atoms with Crippen molar-refractivity contribution in [1.29, 1.82) is 0 Å². The standard InChI is InChI=1S/C37H43N3O7/c1-24(2)34-36(44)40(22-33(42)38-31(19-27-13-8-6-9-14-27)35(43)37(45)47-25(3)4)32(21-39(34)26(5)41)29-17-12-18-30(20-29)46-23-28-15-10-7-11-16-28/h6-18,20-21,24-25,31,34-35,43H,19,22-23H2,1-5H3,(H,38,42)/t31-,34+,35?/m0/s1. The summed E-state index contributed by atoms with van der Waals surface area (Å²) in [4.78, 5) is 56.0. The highest BCUT2D eigenvalue weighted by molar-refractivity contribution is 5.99. The number of benzene rings is 3. The number of nitrogens with zero attached hydrogens (tertiary/aromatic N) is 2. The van der Waals surface area contributed by atoms with Crippen LogP contribution in [0.5, 0.6) is 5.75 Å². The molecule has 248 valence electrons. The number of hydrogen-bond donors (Lipinski definition) is 2. The molecule has 2 N–H and O–H groups in total. The monoisotopic (exact) mass is 641 g/mol. The molecule has 3 amide bonds. The van der Waals surface area contributed by atoms with Crippen LogP contribution in [0.1, 0.15) is 51.3 Å². The van der Waals surface area contributed by atoms with E-state index in [1.807, 2.05) is 74.5 Å². The van der Waals surface area contributed by atoms with E-state index in [9.17, 15) is 24.3 Å². The maximum Gasteiger partial charge on any atom is 0.337 e. The maximum atomic E-state index is 14.1. The molecule has 1 aliphatic heterocycles. The van der Waals surface area contributed by atoms with Crippen LogP contribution in [0.4, 0.5) is 0 Å². The fraction of sp³-hybridized carbons (Fsp3) is 0.351. The third-order valence-corrected chi connectivity index (χ3v) is 7.67. The van der Waals surface area contributed by atoms with Gasteiger partial charge in [-0.3, -0.25) is 19.3 Å². The Labute approximate surface area is 276 Å². The van der Waals surface area contributed by atoms with Crippen LogP contribution < -0.4 is 10.1 Å². The molecule has 0 fully saturated rings. The Hall–Kier alpha value is -4.96. The third kappa shape index (κ3) is 9.29. The topological polar surface area (TPSA) is 125 Å². The van der Waals surface area contributed by atoms with Crippen molar-refractivity contribution in [3.8, 4) is 5.75 Å². The summed E-state index contributed by atoms with van der Waals surface area (Å²) >= 11 is 0. The van der Waals surface area contributed by atoms with Crippen LogP contribution in [-0.2, 0) is 36.9 Å². The van der Waals surface area contributed by atoms with Crippen LogP contribution >= 0.6 is 0 Å². The number of amides is 3. The molecule has 0 aliphatic carbocycles. The summed E-state index contributed by atoms with van der Waals surface area (Å²) in [6, 6.07) is 24.0. The van der Waals surface area contributed by atoms with E-state index >= 15 is 0 Å². The molecular formula is C37H43N3O7. The minimum Gasteiger partial charge on any atom is -0.489 e. The first-order valence-corrected chi connectivity index (χ1v) is 15.8. The molecule has 0 saturated carbocycles. The highest BCUT2D eigenvalue weighted by Gasteiger charge is 2.40. The van der Waals surface area contributed by atoms with Crippen LogP contribution in [0, 0.1) is 5.92 Å². The number of hydrogen-bond acceptors (Lipinski definition) is 7. The molecule has 1 unspecified atom stereocenters. The molecule has 0 saturated heterocycles. The first-order valence-electron chi connectivity index (χ1n) is 15.8. The summed E-state index contributed by atoms with van der Waals surface area (Å²) in [5.41, 5.74) is 2.66. The molecule has 0 aromatic heterocycles. The molecule has 1 heterocycles. The zero-order chi connectivity index (χ0) is 34.1. The predicted molar refractivity (Wildman–Crippen MR) is 177 cm³/mol. The van der Waals surface area contributed by atoms with Crippen molar-refractivity contribution >= 4 is 29.4 Å². The number of ether oxygens (including phenoxy) is 2. The average molecular weight is 642 g/mol. The Bertz CT molecular complexity index is 1570. The second kappa shape index (κ2) is 16.0. The zero-order valence-corrected chi connectivity index (χ0v) is 27.5. The third-order valence-electron chi connectivity index (χ3n) is 7.67. The lowest BCUT2D eigenvalue weighted by Gasteiger charge is -2.40. The summed E-state index contributed by atoms with van der Waals surface area (Å²) in [5, 5.41) is 13.7. The lowest BCUT2D eigenvalue weighted by molar-refractivity contribution is -0.159. The van der Waals surface area contributed by atoms with Crippen LogP contribution in [0.15, 0.2) is 91.1 Å². The van der Waals surface area contributed by atoms with Crippen molar-refractivity contribution in [2.45, 2.75) is 71.9 Å². The van der Waals surface area contributed by atoms with Gasteiger partial charge in [0.1, 0.15) is 24.9 Å². The van der Waals surface area contributed by atoms with Gasteiger partial charge < -0.3 is 24.8 Å². The van der Waals surface area contributed by atoms with E-state index < -0.39 is 48.6 Å². The molecular weight excluding hydrogens is 598 g/mol. The van der Waals surface area contributed by atoms with Gasteiger partial charge in [-0.05, 0) is 49.4 Å². The number of aliphatic hydroxyl groups is 1. The minimum atomic E-state index is -1.65. The zero-order valence-electron chi connectivity index (χ0n) is 27.5. The molecule has 0 bridgehead atoms. The molecule has 0 radical (unpaired) electrons. The van der Waals surface area contributed by atoms with Gasteiger partial charge in [0.15, 0.2) is 6.10 Å². The van der Waals surface area contributed by atoms with Gasteiger partial charge in [-0.25, -0.2) is 4.79 Å². The molecule has 3 aromatic carbocycles. The minimum absolute atomic E-state index is 0.144. The Morgan fingerprint density at radius 1 is 0.894 bits per heavy atom. The van der Waals surface area contributed by atoms with E-state index in [2.05, 4.69) is 5.32 Å². The number of esters is 1. The SMILES string of the molecule is CC(=O)N1C=C(c2cccc(OCc3ccccc3)c2)N(CC(=O)N[C@@H](Cc2ccccc2)C(O)C(=O)OC(C)C)C(=O)[C@H]1C(C)C. The normalized spacial score (nSPS) is 16.0. The van der Waals surface area contributed by atoms with Crippen LogP contribution in [-0.4, -0.2) is 69.4 Å². The number of rotatable bonds is 13. The van der Waals surface area contributed by atoms with Gasteiger partial charge in [-0.2, -0.15) is 0 Å². The van der Waals surface area contributed by atoms with Gasteiger partial charge in [0, 0.05) is 18.7 Å². The fourth-order valence-corrected chi connectivity index (χ4v) is 5.42. The second-order valence-electron chi connectivity index (χ2n) is 12.2. The summed E-state index contributed by atoms with van der Waals surface area (Å²) in [6.07, 6.45) is -0.378. The number of nitrogens with one attached hydrogen (secondary N) is 1. The number of carbonyl (C=O) groups is 4. The first-order chi connectivity index (χ1) is 22.4. The fourth-order valence-electron chi connectivity index (χ4n) is 5.42. The van der Waals surface area contributed by atoms with E-state index in [4.69, 9.17) is 9.47 Å². The molecule has 10 heteroatoms. The van der Waals surface area contributed by atoms with Crippen molar-refractivity contribution in [2.24, 2.45) is 5.92 Å². The summed E-state index contributed by atoms with van der Waals surface area (Å²) < 4.78 is 11.2. The van der Waals surface area contributed by atoms with Gasteiger partial charge in [0.2, 0.25) is 11.8 Å². The van der Waals surface area contributed by atoms with Crippen molar-refractivity contribution < 1.29 is 33.8 Å². The molecule has 10 nitrogen and oxygen atoms in total. The average Bonchev–Trinajstić information content (AvgIpc) is 3.04. The summed E-state index contributed by atoms with van der Waals surface area (Å²) in [6.45, 7) is 8.30. The molecule has 47 heavy (non-hydrogen) atoms. The summed E-state index contributed by atoms with van der Waals surface area (Å²) in [5.74, 6) is -1.92. The quantitative estimate of drug-likeness (QED) is 0.267. The largest absolute Gasteiger partial charge is 0.489 e. The maximum absolute atomic E-state index is 14.1. The van der Waals surface area contributed by atoms with Gasteiger partial charge in [0.05, 0.1) is 17.8 Å². The smallest absolute Gasteiger partial charge is 0.337 e. The molecule has 3 aromatic rings. The lowest BCUT2D eigenvalue weighted by atomic mass is 9.96.